The van der Waals surface area contributed by atoms with Crippen LogP contribution in [0.25, 0.3) is 0 Å². The number of aryl methyl sites for hydroxylation is 1. The molecule has 0 aliphatic carbocycles. The van der Waals surface area contributed by atoms with Crippen molar-refractivity contribution in [1.29, 1.82) is 0 Å². The molecular weight excluding hydrogens is 260 g/mol. The van der Waals surface area contributed by atoms with Crippen molar-refractivity contribution in [2.24, 2.45) is 11.5 Å². The van der Waals surface area contributed by atoms with E-state index < -0.39 is 11.9 Å². The van der Waals surface area contributed by atoms with E-state index in [2.05, 4.69) is 0 Å². The van der Waals surface area contributed by atoms with Crippen LogP contribution in [0.1, 0.15) is 44.0 Å². The van der Waals surface area contributed by atoms with Crippen molar-refractivity contribution in [2.45, 2.75) is 39.8 Å². The number of hydrogen-bond donors (Lipinski definition) is 4. The number of rotatable bonds is 3. The van der Waals surface area contributed by atoms with Crippen molar-refractivity contribution < 1.29 is 19.8 Å². The molecule has 0 fully saturated rings. The predicted molar refractivity (Wildman–Crippen MR) is 78.1 cm³/mol. The predicted octanol–water partition coefficient (Wildman–Crippen LogP) is 1.87. The molecule has 0 radical (unpaired) electrons. The number of benzene rings is 1. The van der Waals surface area contributed by atoms with Gasteiger partial charge in [0.25, 0.3) is 0 Å². The van der Waals surface area contributed by atoms with Crippen molar-refractivity contribution in [2.75, 3.05) is 0 Å². The Hall–Kier alpha value is -1.92. The van der Waals surface area contributed by atoms with Gasteiger partial charge in [-0.1, -0.05) is 43.7 Å². The van der Waals surface area contributed by atoms with Crippen LogP contribution in [0.5, 0.6) is 0 Å². The molecule has 114 valence electrons. The molecule has 0 aromatic heterocycles. The van der Waals surface area contributed by atoms with Crippen molar-refractivity contribution >= 4 is 11.9 Å². The van der Waals surface area contributed by atoms with Crippen LogP contribution in [0.4, 0.5) is 0 Å². The molecule has 0 aliphatic heterocycles. The van der Waals surface area contributed by atoms with Crippen LogP contribution < -0.4 is 11.5 Å². The molecule has 0 bridgehead atoms. The van der Waals surface area contributed by atoms with E-state index in [9.17, 15) is 9.59 Å². The van der Waals surface area contributed by atoms with Crippen LogP contribution in [-0.2, 0) is 9.59 Å². The first-order valence-corrected chi connectivity index (χ1v) is 6.25. The highest BCUT2D eigenvalue weighted by Crippen LogP contribution is 2.06. The second kappa shape index (κ2) is 12.1. The Morgan fingerprint density at radius 1 is 1.10 bits per heavy atom. The van der Waals surface area contributed by atoms with Gasteiger partial charge in [0, 0.05) is 12.8 Å². The van der Waals surface area contributed by atoms with E-state index in [-0.39, 0.29) is 19.0 Å². The van der Waals surface area contributed by atoms with Crippen LogP contribution in [0.3, 0.4) is 0 Å². The fourth-order valence-corrected chi connectivity index (χ4v) is 0.877. The molecule has 1 aromatic carbocycles. The SMILES string of the molecule is CCC(=O)O.CCC(=O)O.Cc1cccc(C(N)N)c1. The number of carbonyl (C=O) groups is 2. The highest BCUT2D eigenvalue weighted by atomic mass is 16.4. The van der Waals surface area contributed by atoms with Gasteiger partial charge in [-0.2, -0.15) is 0 Å². The zero-order valence-electron chi connectivity index (χ0n) is 12.2. The van der Waals surface area contributed by atoms with Gasteiger partial charge in [-0.3, -0.25) is 9.59 Å². The molecule has 1 rings (SSSR count). The third kappa shape index (κ3) is 14.1. The van der Waals surface area contributed by atoms with E-state index in [4.69, 9.17) is 21.7 Å². The lowest BCUT2D eigenvalue weighted by Gasteiger charge is -2.04. The highest BCUT2D eigenvalue weighted by Gasteiger charge is 1.96. The number of hydrogen-bond acceptors (Lipinski definition) is 4. The van der Waals surface area contributed by atoms with Gasteiger partial charge in [-0.15, -0.1) is 0 Å². The van der Waals surface area contributed by atoms with E-state index >= 15 is 0 Å². The summed E-state index contributed by atoms with van der Waals surface area (Å²) in [5, 5.41) is 15.4. The summed E-state index contributed by atoms with van der Waals surface area (Å²) in [7, 11) is 0. The Bertz CT molecular complexity index is 392. The quantitative estimate of drug-likeness (QED) is 0.627. The van der Waals surface area contributed by atoms with Crippen molar-refractivity contribution in [3.8, 4) is 0 Å². The van der Waals surface area contributed by atoms with Crippen molar-refractivity contribution in [1.82, 2.24) is 0 Å². The maximum Gasteiger partial charge on any atom is 0.303 e. The lowest BCUT2D eigenvalue weighted by atomic mass is 10.1. The van der Waals surface area contributed by atoms with E-state index in [1.165, 1.54) is 5.56 Å². The van der Waals surface area contributed by atoms with Crippen molar-refractivity contribution in [3.05, 3.63) is 35.4 Å². The molecule has 20 heavy (non-hydrogen) atoms. The minimum absolute atomic E-state index is 0.222. The first kappa shape index (κ1) is 20.4. The van der Waals surface area contributed by atoms with Gasteiger partial charge in [-0.05, 0) is 12.5 Å². The van der Waals surface area contributed by atoms with Gasteiger partial charge in [0.05, 0.1) is 6.17 Å². The van der Waals surface area contributed by atoms with E-state index in [0.29, 0.717) is 0 Å². The van der Waals surface area contributed by atoms with Crippen LogP contribution in [0.15, 0.2) is 24.3 Å². The fraction of sp³-hybridized carbons (Fsp3) is 0.429. The molecule has 6 nitrogen and oxygen atoms in total. The van der Waals surface area contributed by atoms with Gasteiger partial charge in [0.2, 0.25) is 0 Å². The summed E-state index contributed by atoms with van der Waals surface area (Å²) in [6.07, 6.45) is 0.0971. The van der Waals surface area contributed by atoms with Crippen LogP contribution in [0.2, 0.25) is 0 Å². The molecule has 0 saturated heterocycles. The molecule has 0 spiro atoms. The van der Waals surface area contributed by atoms with E-state index in [0.717, 1.165) is 5.56 Å². The largest absolute Gasteiger partial charge is 0.481 e. The minimum Gasteiger partial charge on any atom is -0.481 e. The summed E-state index contributed by atoms with van der Waals surface area (Å²) >= 11 is 0. The maximum atomic E-state index is 9.37. The summed E-state index contributed by atoms with van der Waals surface area (Å²) in [6.45, 7) is 5.22. The van der Waals surface area contributed by atoms with Gasteiger partial charge < -0.3 is 21.7 Å². The Morgan fingerprint density at radius 3 is 1.70 bits per heavy atom. The molecule has 0 amide bonds. The lowest BCUT2D eigenvalue weighted by molar-refractivity contribution is -0.137. The van der Waals surface area contributed by atoms with Crippen LogP contribution >= 0.6 is 0 Å². The molecule has 0 aliphatic rings. The lowest BCUT2D eigenvalue weighted by Crippen LogP contribution is -2.19. The van der Waals surface area contributed by atoms with E-state index in [1.807, 2.05) is 31.2 Å². The molecule has 1 aromatic rings. The summed E-state index contributed by atoms with van der Waals surface area (Å²) in [6, 6.07) is 7.89. The fourth-order valence-electron chi connectivity index (χ4n) is 0.877. The smallest absolute Gasteiger partial charge is 0.303 e. The molecule has 6 heteroatoms. The Labute approximate surface area is 119 Å². The number of carboxylic acid groups (broad SMARTS) is 2. The average Bonchev–Trinajstić information content (AvgIpc) is 2.40. The zero-order chi connectivity index (χ0) is 16.1. The zero-order valence-corrected chi connectivity index (χ0v) is 12.2. The highest BCUT2D eigenvalue weighted by molar-refractivity contribution is 5.66. The monoisotopic (exact) mass is 284 g/mol. The third-order valence-corrected chi connectivity index (χ3v) is 2.03. The Kier molecular flexibility index (Phi) is 12.4. The second-order valence-corrected chi connectivity index (χ2v) is 3.93. The topological polar surface area (TPSA) is 127 Å². The molecule has 0 unspecified atom stereocenters. The second-order valence-electron chi connectivity index (χ2n) is 3.93. The summed E-state index contributed by atoms with van der Waals surface area (Å²) < 4.78 is 0. The maximum absolute atomic E-state index is 9.37. The third-order valence-electron chi connectivity index (χ3n) is 2.03. The number of carboxylic acids is 2. The van der Waals surface area contributed by atoms with Gasteiger partial charge in [0.15, 0.2) is 0 Å². The van der Waals surface area contributed by atoms with Gasteiger partial charge in [0.1, 0.15) is 0 Å². The molecule has 0 atom stereocenters. The van der Waals surface area contributed by atoms with Crippen molar-refractivity contribution in [3.63, 3.8) is 0 Å². The number of nitrogens with two attached hydrogens (primary N) is 2. The summed E-state index contributed by atoms with van der Waals surface area (Å²) in [5.74, 6) is -1.49. The first-order valence-electron chi connectivity index (χ1n) is 6.25. The minimum atomic E-state index is -0.745. The Morgan fingerprint density at radius 2 is 1.50 bits per heavy atom. The molecule has 0 saturated carbocycles. The van der Waals surface area contributed by atoms with Gasteiger partial charge in [-0.25, -0.2) is 0 Å². The molecule has 6 N–H and O–H groups in total. The van der Waals surface area contributed by atoms with Gasteiger partial charge >= 0.3 is 11.9 Å². The van der Waals surface area contributed by atoms with Crippen LogP contribution in [0, 0.1) is 6.92 Å². The number of aliphatic carboxylic acids is 2. The standard InChI is InChI=1S/C8H12N2.2C3H6O2/c1-6-3-2-4-7(5-6)8(9)10;2*1-2-3(4)5/h2-5,8H,9-10H2,1H3;2*2H2,1H3,(H,4,5). The average molecular weight is 284 g/mol. The normalized spacial score (nSPS) is 8.90. The summed E-state index contributed by atoms with van der Waals surface area (Å²) in [5.41, 5.74) is 13.1. The van der Waals surface area contributed by atoms with E-state index in [1.54, 1.807) is 13.8 Å². The first-order chi connectivity index (χ1) is 9.24. The summed E-state index contributed by atoms with van der Waals surface area (Å²) in [4.78, 5) is 18.7. The van der Waals surface area contributed by atoms with Crippen LogP contribution in [-0.4, -0.2) is 22.2 Å². The molecular formula is C14H24N2O4. The Balaban J connectivity index is 0. The molecule has 0 heterocycles.